The number of aryl methyl sites for hydroxylation is 1. The van der Waals surface area contributed by atoms with Gasteiger partial charge in [0, 0.05) is 12.7 Å². The Kier molecular flexibility index (Phi) is 4.63. The number of nitrogens with zero attached hydrogens (tertiary/aromatic N) is 1. The highest BCUT2D eigenvalue weighted by molar-refractivity contribution is 7.81. The van der Waals surface area contributed by atoms with Crippen molar-refractivity contribution < 1.29 is 4.74 Å². The maximum Gasteiger partial charge on any atom is 0.124 e. The molecule has 0 saturated carbocycles. The third-order valence-corrected chi connectivity index (χ3v) is 4.32. The zero-order valence-corrected chi connectivity index (χ0v) is 12.6. The molecule has 0 bridgehead atoms. The third kappa shape index (κ3) is 3.18. The van der Waals surface area contributed by atoms with Gasteiger partial charge in [-0.3, -0.25) is 0 Å². The standard InChI is InChI=1S/C14H16N2OS2/c1-3-9-4-6-10(7-5-9)14-16-11(8-17-2)12(19-14)13(15)18/h4-7H,3,8H2,1-2H3,(H2,15,18). The van der Waals surface area contributed by atoms with Gasteiger partial charge in [-0.25, -0.2) is 4.98 Å². The first-order chi connectivity index (χ1) is 9.15. The molecule has 0 radical (unpaired) electrons. The van der Waals surface area contributed by atoms with Crippen LogP contribution in [0.5, 0.6) is 0 Å². The first kappa shape index (κ1) is 14.1. The summed E-state index contributed by atoms with van der Waals surface area (Å²) in [6, 6.07) is 8.40. The van der Waals surface area contributed by atoms with E-state index in [1.54, 1.807) is 7.11 Å². The number of hydrogen-bond acceptors (Lipinski definition) is 4. The molecule has 5 heteroatoms. The predicted octanol–water partition coefficient (Wildman–Crippen LogP) is 3.15. The second kappa shape index (κ2) is 6.23. The van der Waals surface area contributed by atoms with Gasteiger partial charge >= 0.3 is 0 Å². The van der Waals surface area contributed by atoms with Crippen LogP contribution in [0.2, 0.25) is 0 Å². The minimum Gasteiger partial charge on any atom is -0.389 e. The SMILES string of the molecule is CCc1ccc(-c2nc(COC)c(C(N)=S)s2)cc1. The molecule has 3 nitrogen and oxygen atoms in total. The average molecular weight is 292 g/mol. The minimum atomic E-state index is 0.376. The summed E-state index contributed by atoms with van der Waals surface area (Å²) in [5, 5.41) is 0.928. The molecule has 1 heterocycles. The molecule has 0 aliphatic rings. The van der Waals surface area contributed by atoms with E-state index in [0.29, 0.717) is 11.6 Å². The normalized spacial score (nSPS) is 10.6. The second-order valence-electron chi connectivity index (χ2n) is 4.14. The van der Waals surface area contributed by atoms with Crippen LogP contribution in [0.25, 0.3) is 10.6 Å². The van der Waals surface area contributed by atoms with Crippen molar-refractivity contribution in [1.29, 1.82) is 0 Å². The lowest BCUT2D eigenvalue weighted by molar-refractivity contribution is 0.182. The number of aromatic nitrogens is 1. The van der Waals surface area contributed by atoms with Crippen LogP contribution >= 0.6 is 23.6 Å². The summed E-state index contributed by atoms with van der Waals surface area (Å²) < 4.78 is 5.13. The molecular weight excluding hydrogens is 276 g/mol. The summed E-state index contributed by atoms with van der Waals surface area (Å²) in [6.45, 7) is 2.57. The van der Waals surface area contributed by atoms with E-state index in [1.807, 2.05) is 0 Å². The van der Waals surface area contributed by atoms with Crippen molar-refractivity contribution in [2.24, 2.45) is 5.73 Å². The van der Waals surface area contributed by atoms with Gasteiger partial charge in [-0.05, 0) is 12.0 Å². The van der Waals surface area contributed by atoms with Crippen molar-refractivity contribution in [2.75, 3.05) is 7.11 Å². The lowest BCUT2D eigenvalue weighted by atomic mass is 10.1. The number of benzene rings is 1. The van der Waals surface area contributed by atoms with E-state index in [-0.39, 0.29) is 0 Å². The van der Waals surface area contributed by atoms with Crippen molar-refractivity contribution in [3.05, 3.63) is 40.4 Å². The summed E-state index contributed by atoms with van der Waals surface area (Å²) in [5.41, 5.74) is 8.94. The fraction of sp³-hybridized carbons (Fsp3) is 0.286. The fourth-order valence-electron chi connectivity index (χ4n) is 1.79. The third-order valence-electron chi connectivity index (χ3n) is 2.81. The van der Waals surface area contributed by atoms with Gasteiger partial charge in [0.25, 0.3) is 0 Å². The Morgan fingerprint density at radius 3 is 2.58 bits per heavy atom. The topological polar surface area (TPSA) is 48.1 Å². The molecule has 2 aromatic rings. The summed E-state index contributed by atoms with van der Waals surface area (Å²) in [7, 11) is 1.64. The summed E-state index contributed by atoms with van der Waals surface area (Å²) in [4.78, 5) is 5.79. The molecule has 0 fully saturated rings. The molecule has 0 spiro atoms. The van der Waals surface area contributed by atoms with Crippen LogP contribution in [-0.4, -0.2) is 17.1 Å². The van der Waals surface area contributed by atoms with Crippen LogP contribution < -0.4 is 5.73 Å². The quantitative estimate of drug-likeness (QED) is 0.860. The smallest absolute Gasteiger partial charge is 0.124 e. The highest BCUT2D eigenvalue weighted by Crippen LogP contribution is 2.28. The minimum absolute atomic E-state index is 0.376. The van der Waals surface area contributed by atoms with Crippen LogP contribution in [-0.2, 0) is 17.8 Å². The van der Waals surface area contributed by atoms with Crippen molar-refractivity contribution in [1.82, 2.24) is 4.98 Å². The molecule has 1 aromatic heterocycles. The number of hydrogen-bond donors (Lipinski definition) is 1. The van der Waals surface area contributed by atoms with E-state index in [4.69, 9.17) is 22.7 Å². The highest BCUT2D eigenvalue weighted by atomic mass is 32.1. The lowest BCUT2D eigenvalue weighted by Crippen LogP contribution is -2.10. The van der Waals surface area contributed by atoms with E-state index in [0.717, 1.165) is 27.6 Å². The highest BCUT2D eigenvalue weighted by Gasteiger charge is 2.14. The van der Waals surface area contributed by atoms with Gasteiger partial charge in [0.2, 0.25) is 0 Å². The summed E-state index contributed by atoms with van der Waals surface area (Å²) >= 11 is 6.58. The number of thiocarbonyl (C=S) groups is 1. The van der Waals surface area contributed by atoms with E-state index in [1.165, 1.54) is 16.9 Å². The van der Waals surface area contributed by atoms with Gasteiger partial charge in [0.1, 0.15) is 10.00 Å². The van der Waals surface area contributed by atoms with Crippen LogP contribution in [0.4, 0.5) is 0 Å². The lowest BCUT2D eigenvalue weighted by Gasteiger charge is -1.98. The molecule has 19 heavy (non-hydrogen) atoms. The molecule has 0 aliphatic heterocycles. The molecule has 0 unspecified atom stereocenters. The zero-order valence-electron chi connectivity index (χ0n) is 11.0. The van der Waals surface area contributed by atoms with Crippen molar-refractivity contribution in [2.45, 2.75) is 20.0 Å². The second-order valence-corrected chi connectivity index (χ2v) is 5.58. The average Bonchev–Trinajstić information content (AvgIpc) is 2.83. The Balaban J connectivity index is 2.38. The molecule has 0 aliphatic carbocycles. The maximum atomic E-state index is 5.73. The van der Waals surface area contributed by atoms with Crippen LogP contribution in [0.1, 0.15) is 23.1 Å². The Bertz CT molecular complexity index is 576. The molecule has 2 rings (SSSR count). The molecule has 0 atom stereocenters. The summed E-state index contributed by atoms with van der Waals surface area (Å²) in [6.07, 6.45) is 1.03. The number of methoxy groups -OCH3 is 1. The number of rotatable bonds is 5. The van der Waals surface area contributed by atoms with Crippen LogP contribution in [0.15, 0.2) is 24.3 Å². The first-order valence-corrected chi connectivity index (χ1v) is 7.26. The van der Waals surface area contributed by atoms with Crippen molar-refractivity contribution >= 4 is 28.5 Å². The van der Waals surface area contributed by atoms with Gasteiger partial charge < -0.3 is 10.5 Å². The Morgan fingerprint density at radius 1 is 1.37 bits per heavy atom. The number of nitrogens with two attached hydrogens (primary N) is 1. The zero-order chi connectivity index (χ0) is 13.8. The molecular formula is C14H16N2OS2. The monoisotopic (exact) mass is 292 g/mol. The molecule has 0 saturated heterocycles. The Labute approximate surface area is 122 Å². The van der Waals surface area contributed by atoms with Crippen molar-refractivity contribution in [3.63, 3.8) is 0 Å². The van der Waals surface area contributed by atoms with Crippen molar-refractivity contribution in [3.8, 4) is 10.6 Å². The predicted molar refractivity (Wildman–Crippen MR) is 83.5 cm³/mol. The first-order valence-electron chi connectivity index (χ1n) is 6.03. The maximum absolute atomic E-state index is 5.73. The molecule has 100 valence electrons. The number of ether oxygens (including phenoxy) is 1. The van der Waals surface area contributed by atoms with E-state index < -0.39 is 0 Å². The van der Waals surface area contributed by atoms with Crippen LogP contribution in [0.3, 0.4) is 0 Å². The number of thiazole rings is 1. The Hall–Kier alpha value is -1.30. The van der Waals surface area contributed by atoms with Gasteiger partial charge in [0.15, 0.2) is 0 Å². The largest absolute Gasteiger partial charge is 0.389 e. The van der Waals surface area contributed by atoms with Gasteiger partial charge in [-0.15, -0.1) is 11.3 Å². The van der Waals surface area contributed by atoms with Crippen LogP contribution in [0, 0.1) is 0 Å². The van der Waals surface area contributed by atoms with Gasteiger partial charge in [-0.2, -0.15) is 0 Å². The molecule has 1 aromatic carbocycles. The van der Waals surface area contributed by atoms with E-state index >= 15 is 0 Å². The molecule has 0 amide bonds. The summed E-state index contributed by atoms with van der Waals surface area (Å²) in [5.74, 6) is 0. The molecule has 2 N–H and O–H groups in total. The Morgan fingerprint density at radius 2 is 2.05 bits per heavy atom. The van der Waals surface area contributed by atoms with Gasteiger partial charge in [-0.1, -0.05) is 43.4 Å². The van der Waals surface area contributed by atoms with Gasteiger partial charge in [0.05, 0.1) is 17.2 Å². The van der Waals surface area contributed by atoms with E-state index in [2.05, 4.69) is 36.2 Å². The van der Waals surface area contributed by atoms with E-state index in [9.17, 15) is 0 Å². The fourth-order valence-corrected chi connectivity index (χ4v) is 2.95.